The molecular weight excluding hydrogens is 404 g/mol. The van der Waals surface area contributed by atoms with Gasteiger partial charge < -0.3 is 15.4 Å². The van der Waals surface area contributed by atoms with Crippen molar-refractivity contribution in [1.82, 2.24) is 4.90 Å². The molecule has 1 heterocycles. The van der Waals surface area contributed by atoms with Gasteiger partial charge in [0.2, 0.25) is 11.8 Å². The third-order valence-electron chi connectivity index (χ3n) is 5.39. The molecule has 0 atom stereocenters. The van der Waals surface area contributed by atoms with Crippen molar-refractivity contribution in [3.63, 3.8) is 0 Å². The van der Waals surface area contributed by atoms with Crippen LogP contribution in [0.2, 0.25) is 0 Å². The van der Waals surface area contributed by atoms with Crippen LogP contribution in [0.5, 0.6) is 0 Å². The van der Waals surface area contributed by atoms with Gasteiger partial charge in [0.1, 0.15) is 11.6 Å². The van der Waals surface area contributed by atoms with Crippen LogP contribution in [0.3, 0.4) is 0 Å². The molecule has 8 heteroatoms. The van der Waals surface area contributed by atoms with Gasteiger partial charge in [0.05, 0.1) is 24.3 Å². The van der Waals surface area contributed by atoms with Crippen molar-refractivity contribution in [3.05, 3.63) is 59.7 Å². The van der Waals surface area contributed by atoms with E-state index < -0.39 is 11.2 Å². The second-order valence-corrected chi connectivity index (χ2v) is 8.03. The Morgan fingerprint density at radius 1 is 1.03 bits per heavy atom. The highest BCUT2D eigenvalue weighted by molar-refractivity contribution is 5.99. The molecule has 0 unspecified atom stereocenters. The van der Waals surface area contributed by atoms with Crippen molar-refractivity contribution < 1.29 is 23.1 Å². The van der Waals surface area contributed by atoms with Crippen LogP contribution >= 0.6 is 0 Å². The molecule has 2 aromatic rings. The molecule has 2 aromatic carbocycles. The highest BCUT2D eigenvalue weighted by Crippen LogP contribution is 2.27. The zero-order chi connectivity index (χ0) is 22.4. The van der Waals surface area contributed by atoms with Crippen molar-refractivity contribution in [1.29, 1.82) is 0 Å². The second kappa shape index (κ2) is 9.98. The van der Waals surface area contributed by atoms with E-state index in [-0.39, 0.29) is 29.7 Å². The number of benzene rings is 2. The molecule has 0 spiro atoms. The summed E-state index contributed by atoms with van der Waals surface area (Å²) in [5.74, 6) is -1.61. The lowest BCUT2D eigenvalue weighted by atomic mass is 9.83. The summed E-state index contributed by atoms with van der Waals surface area (Å²) in [7, 11) is 0. The highest BCUT2D eigenvalue weighted by atomic mass is 19.1. The number of hydrogen-bond donors (Lipinski definition) is 2. The first-order valence-corrected chi connectivity index (χ1v) is 10.2. The predicted octanol–water partition coefficient (Wildman–Crippen LogP) is 3.54. The zero-order valence-electron chi connectivity index (χ0n) is 17.7. The minimum Gasteiger partial charge on any atom is -0.379 e. The van der Waals surface area contributed by atoms with Crippen LogP contribution < -0.4 is 10.6 Å². The maximum atomic E-state index is 14.2. The van der Waals surface area contributed by atoms with E-state index in [1.165, 1.54) is 30.3 Å². The Balaban J connectivity index is 1.62. The average Bonchev–Trinajstić information content (AvgIpc) is 2.75. The Bertz CT molecular complexity index is 926. The van der Waals surface area contributed by atoms with E-state index in [1.807, 2.05) is 0 Å². The number of ether oxygens (including phenoxy) is 1. The van der Waals surface area contributed by atoms with Crippen molar-refractivity contribution in [2.75, 3.05) is 43.5 Å². The largest absolute Gasteiger partial charge is 0.379 e. The maximum Gasteiger partial charge on any atom is 0.234 e. The molecule has 1 aliphatic rings. The Hall–Kier alpha value is -2.84. The molecule has 2 amide bonds. The summed E-state index contributed by atoms with van der Waals surface area (Å²) in [4.78, 5) is 27.2. The van der Waals surface area contributed by atoms with Gasteiger partial charge in [-0.05, 0) is 49.7 Å². The highest BCUT2D eigenvalue weighted by Gasteiger charge is 2.30. The number of carbonyl (C=O) groups is 2. The average molecular weight is 431 g/mol. The van der Waals surface area contributed by atoms with Gasteiger partial charge in [-0.25, -0.2) is 8.78 Å². The Labute approximate surface area is 180 Å². The Morgan fingerprint density at radius 2 is 1.71 bits per heavy atom. The van der Waals surface area contributed by atoms with Crippen LogP contribution in [0.15, 0.2) is 42.5 Å². The molecule has 6 nitrogen and oxygen atoms in total. The van der Waals surface area contributed by atoms with Gasteiger partial charge in [-0.1, -0.05) is 12.1 Å². The van der Waals surface area contributed by atoms with Gasteiger partial charge in [-0.2, -0.15) is 0 Å². The normalized spacial score (nSPS) is 14.8. The monoisotopic (exact) mass is 431 g/mol. The van der Waals surface area contributed by atoms with Crippen molar-refractivity contribution in [3.8, 4) is 0 Å². The van der Waals surface area contributed by atoms with E-state index in [2.05, 4.69) is 15.5 Å². The van der Waals surface area contributed by atoms with Gasteiger partial charge in [-0.3, -0.25) is 14.5 Å². The third-order valence-corrected chi connectivity index (χ3v) is 5.39. The molecule has 2 N–H and O–H groups in total. The molecule has 1 saturated heterocycles. The van der Waals surface area contributed by atoms with E-state index in [4.69, 9.17) is 4.74 Å². The molecule has 1 fully saturated rings. The van der Waals surface area contributed by atoms with Crippen LogP contribution in [0, 0.1) is 11.6 Å². The summed E-state index contributed by atoms with van der Waals surface area (Å²) in [6.07, 6.45) is 0.230. The molecule has 0 aliphatic carbocycles. The second-order valence-electron chi connectivity index (χ2n) is 8.03. The first-order valence-electron chi connectivity index (χ1n) is 10.2. The predicted molar refractivity (Wildman–Crippen MR) is 115 cm³/mol. The van der Waals surface area contributed by atoms with Gasteiger partial charge in [-0.15, -0.1) is 0 Å². The van der Waals surface area contributed by atoms with E-state index >= 15 is 0 Å². The number of carbonyl (C=O) groups excluding carboxylic acids is 2. The lowest BCUT2D eigenvalue weighted by molar-refractivity contribution is -0.120. The molecule has 1 aliphatic heterocycles. The molecule has 3 rings (SSSR count). The molecule has 0 bridgehead atoms. The van der Waals surface area contributed by atoms with Gasteiger partial charge >= 0.3 is 0 Å². The van der Waals surface area contributed by atoms with E-state index in [0.717, 1.165) is 13.1 Å². The molecule has 0 saturated carbocycles. The van der Waals surface area contributed by atoms with E-state index in [0.29, 0.717) is 31.0 Å². The van der Waals surface area contributed by atoms with E-state index in [1.54, 1.807) is 26.0 Å². The van der Waals surface area contributed by atoms with Crippen molar-refractivity contribution in [2.24, 2.45) is 0 Å². The fourth-order valence-electron chi connectivity index (χ4n) is 3.28. The van der Waals surface area contributed by atoms with Gasteiger partial charge in [0.25, 0.3) is 0 Å². The quantitative estimate of drug-likeness (QED) is 0.704. The molecule has 0 aromatic heterocycles. The number of hydrogen-bond acceptors (Lipinski definition) is 4. The topological polar surface area (TPSA) is 70.7 Å². The Kier molecular flexibility index (Phi) is 7.35. The number of nitrogens with zero attached hydrogens (tertiary/aromatic N) is 1. The number of anilines is 2. The fraction of sp³-hybridized carbons (Fsp3) is 0.391. The molecule has 166 valence electrons. The minimum absolute atomic E-state index is 0.00404. The number of rotatable bonds is 7. The van der Waals surface area contributed by atoms with Gasteiger partial charge in [0, 0.05) is 31.7 Å². The summed E-state index contributed by atoms with van der Waals surface area (Å²) in [5, 5.41) is 5.32. The van der Waals surface area contributed by atoms with Crippen molar-refractivity contribution in [2.45, 2.75) is 25.7 Å². The number of amides is 2. The van der Waals surface area contributed by atoms with Crippen LogP contribution in [0.1, 0.15) is 25.8 Å². The lowest BCUT2D eigenvalue weighted by Gasteiger charge is -2.26. The summed E-state index contributed by atoms with van der Waals surface area (Å²) >= 11 is 0. The van der Waals surface area contributed by atoms with Crippen LogP contribution in [-0.4, -0.2) is 49.6 Å². The lowest BCUT2D eigenvalue weighted by Crippen LogP contribution is -2.38. The van der Waals surface area contributed by atoms with Crippen LogP contribution in [0.4, 0.5) is 20.2 Å². The number of halogens is 2. The summed E-state index contributed by atoms with van der Waals surface area (Å²) in [5.41, 5.74) is 0.0588. The smallest absolute Gasteiger partial charge is 0.234 e. The molecule has 0 radical (unpaired) electrons. The van der Waals surface area contributed by atoms with E-state index in [9.17, 15) is 18.4 Å². The standard InChI is InChI=1S/C23H27F2N3O3/c1-23(2,16-3-5-17(24)6-4-16)22(30)26-18-7-8-19(25)20(15-18)27-21(29)9-10-28-11-13-31-14-12-28/h3-8,15H,9-14H2,1-2H3,(H,26,30)(H,27,29). The summed E-state index contributed by atoms with van der Waals surface area (Å²) in [6.45, 7) is 6.83. The fourth-order valence-corrected chi connectivity index (χ4v) is 3.28. The molecular formula is C23H27F2N3O3. The first-order chi connectivity index (χ1) is 14.8. The minimum atomic E-state index is -0.941. The third kappa shape index (κ3) is 6.08. The van der Waals surface area contributed by atoms with Crippen LogP contribution in [0.25, 0.3) is 0 Å². The SMILES string of the molecule is CC(C)(C(=O)Nc1ccc(F)c(NC(=O)CCN2CCOCC2)c1)c1ccc(F)cc1. The number of morpholine rings is 1. The zero-order valence-corrected chi connectivity index (χ0v) is 17.7. The Morgan fingerprint density at radius 3 is 2.39 bits per heavy atom. The molecule has 31 heavy (non-hydrogen) atoms. The number of nitrogens with one attached hydrogen (secondary N) is 2. The first kappa shape index (κ1) is 22.8. The maximum absolute atomic E-state index is 14.2. The summed E-state index contributed by atoms with van der Waals surface area (Å²) < 4.78 is 32.7. The summed E-state index contributed by atoms with van der Waals surface area (Å²) in [6, 6.07) is 9.72. The van der Waals surface area contributed by atoms with Gasteiger partial charge in [0.15, 0.2) is 0 Å². The van der Waals surface area contributed by atoms with Crippen LogP contribution in [-0.2, 0) is 19.7 Å². The van der Waals surface area contributed by atoms with Crippen molar-refractivity contribution >= 4 is 23.2 Å².